The second kappa shape index (κ2) is 8.15. The van der Waals surface area contributed by atoms with Gasteiger partial charge in [-0.3, -0.25) is 4.79 Å². The van der Waals surface area contributed by atoms with Crippen LogP contribution in [0, 0.1) is 20.8 Å². The van der Waals surface area contributed by atoms with Crippen LogP contribution in [0.5, 0.6) is 5.75 Å². The average molecular weight is 327 g/mol. The Hall–Kier alpha value is -2.82. The quantitative estimate of drug-likeness (QED) is 0.828. The number of ether oxygens (including phenoxy) is 2. The first-order chi connectivity index (χ1) is 11.5. The fraction of sp³-hybridized carbons (Fsp3) is 0.263. The molecule has 0 bridgehead atoms. The molecular weight excluding hydrogens is 306 g/mol. The summed E-state index contributed by atoms with van der Waals surface area (Å²) in [6.45, 7) is 5.28. The van der Waals surface area contributed by atoms with E-state index in [9.17, 15) is 9.59 Å². The fourth-order valence-electron chi connectivity index (χ4n) is 2.03. The average Bonchev–Trinajstić information content (AvgIpc) is 2.56. The van der Waals surface area contributed by atoms with Crippen LogP contribution in [0.4, 0.5) is 5.69 Å². The highest BCUT2D eigenvalue weighted by Gasteiger charge is 2.10. The van der Waals surface area contributed by atoms with Gasteiger partial charge in [-0.1, -0.05) is 24.3 Å². The van der Waals surface area contributed by atoms with Gasteiger partial charge in [0.15, 0.2) is 13.2 Å². The van der Waals surface area contributed by atoms with Crippen molar-refractivity contribution in [3.8, 4) is 5.75 Å². The Bertz CT molecular complexity index is 740. The highest BCUT2D eigenvalue weighted by atomic mass is 16.6. The maximum atomic E-state index is 11.8. The van der Waals surface area contributed by atoms with Gasteiger partial charge in [0.2, 0.25) is 0 Å². The number of esters is 1. The SMILES string of the molecule is Cc1ccc(OCC(=O)OCC(=O)Nc2ccccc2C)cc1C. The van der Waals surface area contributed by atoms with Crippen LogP contribution in [0.2, 0.25) is 0 Å². The van der Waals surface area contributed by atoms with Crippen LogP contribution in [-0.2, 0) is 14.3 Å². The van der Waals surface area contributed by atoms with Gasteiger partial charge in [-0.15, -0.1) is 0 Å². The van der Waals surface area contributed by atoms with Crippen molar-refractivity contribution >= 4 is 17.6 Å². The number of nitrogens with one attached hydrogen (secondary N) is 1. The molecule has 0 aliphatic heterocycles. The molecule has 2 aromatic rings. The predicted octanol–water partition coefficient (Wildman–Crippen LogP) is 3.17. The minimum atomic E-state index is -0.590. The molecule has 126 valence electrons. The number of benzene rings is 2. The minimum Gasteiger partial charge on any atom is -0.482 e. The molecule has 0 spiro atoms. The molecule has 0 unspecified atom stereocenters. The summed E-state index contributed by atoms with van der Waals surface area (Å²) in [5.41, 5.74) is 3.87. The van der Waals surface area contributed by atoms with Gasteiger partial charge in [0, 0.05) is 5.69 Å². The maximum absolute atomic E-state index is 11.8. The fourth-order valence-corrected chi connectivity index (χ4v) is 2.03. The highest BCUT2D eigenvalue weighted by Crippen LogP contribution is 2.16. The van der Waals surface area contributed by atoms with Gasteiger partial charge in [-0.05, 0) is 55.7 Å². The number of hydrogen-bond donors (Lipinski definition) is 1. The Morgan fingerprint density at radius 2 is 1.67 bits per heavy atom. The van der Waals surface area contributed by atoms with E-state index in [2.05, 4.69) is 5.32 Å². The van der Waals surface area contributed by atoms with E-state index in [0.717, 1.165) is 16.7 Å². The van der Waals surface area contributed by atoms with Crippen molar-refractivity contribution in [3.05, 3.63) is 59.2 Å². The van der Waals surface area contributed by atoms with Crippen molar-refractivity contribution in [1.82, 2.24) is 0 Å². The van der Waals surface area contributed by atoms with E-state index >= 15 is 0 Å². The van der Waals surface area contributed by atoms with Gasteiger partial charge >= 0.3 is 5.97 Å². The molecule has 2 rings (SSSR count). The molecule has 2 aromatic carbocycles. The Morgan fingerprint density at radius 3 is 2.38 bits per heavy atom. The molecule has 0 saturated carbocycles. The molecular formula is C19H21NO4. The van der Waals surface area contributed by atoms with Crippen LogP contribution < -0.4 is 10.1 Å². The Balaban J connectivity index is 1.75. The molecule has 0 aliphatic rings. The zero-order chi connectivity index (χ0) is 17.5. The van der Waals surface area contributed by atoms with Crippen LogP contribution in [0.3, 0.4) is 0 Å². The summed E-state index contributed by atoms with van der Waals surface area (Å²) < 4.78 is 10.3. The lowest BCUT2D eigenvalue weighted by molar-refractivity contribution is -0.149. The summed E-state index contributed by atoms with van der Waals surface area (Å²) in [7, 11) is 0. The van der Waals surface area contributed by atoms with E-state index < -0.39 is 5.97 Å². The maximum Gasteiger partial charge on any atom is 0.344 e. The van der Waals surface area contributed by atoms with Crippen molar-refractivity contribution < 1.29 is 19.1 Å². The number of amides is 1. The third-order valence-electron chi connectivity index (χ3n) is 3.62. The zero-order valence-electron chi connectivity index (χ0n) is 14.1. The first-order valence-electron chi connectivity index (χ1n) is 7.67. The molecule has 0 aliphatic carbocycles. The van der Waals surface area contributed by atoms with Crippen molar-refractivity contribution in [2.45, 2.75) is 20.8 Å². The van der Waals surface area contributed by atoms with Crippen LogP contribution in [0.1, 0.15) is 16.7 Å². The molecule has 24 heavy (non-hydrogen) atoms. The van der Waals surface area contributed by atoms with Gasteiger partial charge in [-0.2, -0.15) is 0 Å². The third kappa shape index (κ3) is 5.12. The van der Waals surface area contributed by atoms with E-state index in [1.165, 1.54) is 0 Å². The Kier molecular flexibility index (Phi) is 5.95. The molecule has 0 radical (unpaired) electrons. The zero-order valence-corrected chi connectivity index (χ0v) is 14.1. The third-order valence-corrected chi connectivity index (χ3v) is 3.62. The van der Waals surface area contributed by atoms with E-state index in [4.69, 9.17) is 9.47 Å². The second-order valence-electron chi connectivity index (χ2n) is 5.56. The first-order valence-corrected chi connectivity index (χ1v) is 7.67. The Labute approximate surface area is 141 Å². The number of para-hydroxylation sites is 1. The van der Waals surface area contributed by atoms with E-state index in [1.807, 2.05) is 51.1 Å². The van der Waals surface area contributed by atoms with Gasteiger partial charge < -0.3 is 14.8 Å². The topological polar surface area (TPSA) is 64.6 Å². The van der Waals surface area contributed by atoms with Gasteiger partial charge in [0.05, 0.1) is 0 Å². The summed E-state index contributed by atoms with van der Waals surface area (Å²) in [5, 5.41) is 2.70. The van der Waals surface area contributed by atoms with E-state index in [-0.39, 0.29) is 19.1 Å². The second-order valence-corrected chi connectivity index (χ2v) is 5.56. The smallest absolute Gasteiger partial charge is 0.344 e. The highest BCUT2D eigenvalue weighted by molar-refractivity contribution is 5.93. The largest absolute Gasteiger partial charge is 0.482 e. The van der Waals surface area contributed by atoms with Crippen molar-refractivity contribution in [2.24, 2.45) is 0 Å². The molecule has 5 nitrogen and oxygen atoms in total. The lowest BCUT2D eigenvalue weighted by atomic mass is 10.1. The van der Waals surface area contributed by atoms with Crippen LogP contribution >= 0.6 is 0 Å². The summed E-state index contributed by atoms with van der Waals surface area (Å²) in [4.78, 5) is 23.5. The lowest BCUT2D eigenvalue weighted by Gasteiger charge is -2.10. The van der Waals surface area contributed by atoms with Crippen molar-refractivity contribution in [1.29, 1.82) is 0 Å². The Morgan fingerprint density at radius 1 is 0.917 bits per heavy atom. The monoisotopic (exact) mass is 327 g/mol. The summed E-state index contributed by atoms with van der Waals surface area (Å²) in [6.07, 6.45) is 0. The molecule has 0 aromatic heterocycles. The number of anilines is 1. The standard InChI is InChI=1S/C19H21NO4/c1-13-8-9-16(10-15(13)3)23-12-19(22)24-11-18(21)20-17-7-5-4-6-14(17)2/h4-10H,11-12H2,1-3H3,(H,20,21). The van der Waals surface area contributed by atoms with Crippen molar-refractivity contribution in [2.75, 3.05) is 18.5 Å². The number of carbonyl (C=O) groups excluding carboxylic acids is 2. The number of rotatable bonds is 6. The normalized spacial score (nSPS) is 10.1. The summed E-state index contributed by atoms with van der Waals surface area (Å²) in [5.74, 6) is -0.378. The summed E-state index contributed by atoms with van der Waals surface area (Å²) >= 11 is 0. The number of hydrogen-bond acceptors (Lipinski definition) is 4. The molecule has 1 amide bonds. The predicted molar refractivity (Wildman–Crippen MR) is 92.2 cm³/mol. The minimum absolute atomic E-state index is 0.236. The molecule has 0 atom stereocenters. The van der Waals surface area contributed by atoms with Crippen LogP contribution in [0.15, 0.2) is 42.5 Å². The summed E-state index contributed by atoms with van der Waals surface area (Å²) in [6, 6.07) is 13.0. The van der Waals surface area contributed by atoms with Crippen LogP contribution in [-0.4, -0.2) is 25.1 Å². The molecule has 5 heteroatoms. The molecule has 0 fully saturated rings. The van der Waals surface area contributed by atoms with Gasteiger partial charge in [-0.25, -0.2) is 4.79 Å². The van der Waals surface area contributed by atoms with Crippen LogP contribution in [0.25, 0.3) is 0 Å². The lowest BCUT2D eigenvalue weighted by Crippen LogP contribution is -2.24. The molecule has 1 N–H and O–H groups in total. The van der Waals surface area contributed by atoms with Gasteiger partial charge in [0.25, 0.3) is 5.91 Å². The van der Waals surface area contributed by atoms with Gasteiger partial charge in [0.1, 0.15) is 5.75 Å². The molecule has 0 heterocycles. The number of carbonyl (C=O) groups is 2. The van der Waals surface area contributed by atoms with E-state index in [1.54, 1.807) is 12.1 Å². The number of aryl methyl sites for hydroxylation is 3. The van der Waals surface area contributed by atoms with E-state index in [0.29, 0.717) is 11.4 Å². The van der Waals surface area contributed by atoms with Crippen molar-refractivity contribution in [3.63, 3.8) is 0 Å². The molecule has 0 saturated heterocycles. The first kappa shape index (κ1) is 17.5.